The summed E-state index contributed by atoms with van der Waals surface area (Å²) in [5.74, 6) is 1.63. The minimum absolute atomic E-state index is 0.106. The maximum absolute atomic E-state index is 9.10. The summed E-state index contributed by atoms with van der Waals surface area (Å²) in [4.78, 5) is 2.25. The molecule has 0 aliphatic carbocycles. The Bertz CT molecular complexity index is 697. The Labute approximate surface area is 136 Å². The molecule has 124 valence electrons. The monoisotopic (exact) mass is 317 g/mol. The smallest absolute Gasteiger partial charge is 0.231 e. The van der Waals surface area contributed by atoms with Crippen LogP contribution in [-0.2, 0) is 19.6 Å². The number of benzene rings is 1. The second-order valence-electron chi connectivity index (χ2n) is 5.96. The first-order valence-electron chi connectivity index (χ1n) is 7.79. The molecule has 1 aromatic heterocycles. The van der Waals surface area contributed by atoms with Gasteiger partial charge in [0.1, 0.15) is 0 Å². The van der Waals surface area contributed by atoms with Crippen molar-refractivity contribution in [3.05, 3.63) is 40.7 Å². The van der Waals surface area contributed by atoms with Crippen LogP contribution in [0.15, 0.2) is 18.2 Å². The molecule has 6 heteroatoms. The molecule has 0 radical (unpaired) electrons. The fourth-order valence-corrected chi connectivity index (χ4v) is 2.95. The Morgan fingerprint density at radius 3 is 2.78 bits per heavy atom. The van der Waals surface area contributed by atoms with Gasteiger partial charge in [-0.25, -0.2) is 0 Å². The van der Waals surface area contributed by atoms with Gasteiger partial charge in [0.15, 0.2) is 11.5 Å². The molecule has 1 aromatic carbocycles. The lowest BCUT2D eigenvalue weighted by Crippen LogP contribution is -2.18. The molecule has 0 unspecified atom stereocenters. The van der Waals surface area contributed by atoms with Crippen molar-refractivity contribution in [1.82, 2.24) is 14.7 Å². The van der Waals surface area contributed by atoms with Crippen LogP contribution in [-0.4, -0.2) is 40.2 Å². The largest absolute Gasteiger partial charge is 0.454 e. The number of ether oxygens (including phenoxy) is 2. The van der Waals surface area contributed by atoms with Crippen LogP contribution in [0.5, 0.6) is 11.5 Å². The number of fused-ring (bicyclic) bond motifs is 1. The zero-order valence-electron chi connectivity index (χ0n) is 13.9. The van der Waals surface area contributed by atoms with E-state index >= 15 is 0 Å². The van der Waals surface area contributed by atoms with Crippen molar-refractivity contribution in [2.24, 2.45) is 0 Å². The quantitative estimate of drug-likeness (QED) is 0.881. The second kappa shape index (κ2) is 6.60. The van der Waals surface area contributed by atoms with Crippen LogP contribution in [0.4, 0.5) is 0 Å². The average molecular weight is 317 g/mol. The molecule has 0 saturated heterocycles. The van der Waals surface area contributed by atoms with Crippen LogP contribution >= 0.6 is 0 Å². The van der Waals surface area contributed by atoms with Gasteiger partial charge in [0.25, 0.3) is 0 Å². The fraction of sp³-hybridized carbons (Fsp3) is 0.471. The van der Waals surface area contributed by atoms with Gasteiger partial charge in [-0.3, -0.25) is 9.58 Å². The molecular formula is C17H23N3O3. The molecular weight excluding hydrogens is 294 g/mol. The maximum atomic E-state index is 9.10. The summed E-state index contributed by atoms with van der Waals surface area (Å²) < 4.78 is 12.6. The number of aromatic nitrogens is 2. The molecule has 0 amide bonds. The predicted octanol–water partition coefficient (Wildman–Crippen LogP) is 1.85. The Morgan fingerprint density at radius 2 is 2.00 bits per heavy atom. The van der Waals surface area contributed by atoms with E-state index in [1.54, 1.807) is 0 Å². The SMILES string of the molecule is Cc1nn(CCO)c(C)c1CN(C)Cc1ccc2c(c1)OCO2. The molecule has 3 rings (SSSR count). The van der Waals surface area contributed by atoms with Crippen LogP contribution < -0.4 is 9.47 Å². The summed E-state index contributed by atoms with van der Waals surface area (Å²) in [6.45, 7) is 6.66. The van der Waals surface area contributed by atoms with Crippen molar-refractivity contribution in [3.63, 3.8) is 0 Å². The lowest BCUT2D eigenvalue weighted by Gasteiger charge is -2.17. The lowest BCUT2D eigenvalue weighted by atomic mass is 10.1. The fourth-order valence-electron chi connectivity index (χ4n) is 2.95. The number of aryl methyl sites for hydroxylation is 1. The lowest BCUT2D eigenvalue weighted by molar-refractivity contribution is 0.174. The number of hydrogen-bond donors (Lipinski definition) is 1. The van der Waals surface area contributed by atoms with E-state index in [0.717, 1.165) is 36.0 Å². The Morgan fingerprint density at radius 1 is 1.22 bits per heavy atom. The molecule has 2 heterocycles. The van der Waals surface area contributed by atoms with Crippen LogP contribution in [0.3, 0.4) is 0 Å². The molecule has 1 aliphatic heterocycles. The van der Waals surface area contributed by atoms with Gasteiger partial charge in [0, 0.05) is 24.3 Å². The zero-order valence-corrected chi connectivity index (χ0v) is 13.9. The molecule has 0 fully saturated rings. The second-order valence-corrected chi connectivity index (χ2v) is 5.96. The van der Waals surface area contributed by atoms with Crippen LogP contribution in [0.1, 0.15) is 22.5 Å². The Hall–Kier alpha value is -2.05. The van der Waals surface area contributed by atoms with Crippen molar-refractivity contribution < 1.29 is 14.6 Å². The number of aliphatic hydroxyl groups excluding tert-OH is 1. The molecule has 0 saturated carbocycles. The van der Waals surface area contributed by atoms with E-state index in [2.05, 4.69) is 30.0 Å². The molecule has 1 aliphatic rings. The number of rotatable bonds is 6. The maximum Gasteiger partial charge on any atom is 0.231 e. The van der Waals surface area contributed by atoms with Crippen molar-refractivity contribution in [3.8, 4) is 11.5 Å². The van der Waals surface area contributed by atoms with Gasteiger partial charge >= 0.3 is 0 Å². The first-order valence-corrected chi connectivity index (χ1v) is 7.79. The zero-order chi connectivity index (χ0) is 16.4. The van der Waals surface area contributed by atoms with E-state index in [9.17, 15) is 0 Å². The minimum atomic E-state index is 0.106. The van der Waals surface area contributed by atoms with Gasteiger partial charge in [-0.2, -0.15) is 5.10 Å². The van der Waals surface area contributed by atoms with Crippen molar-refractivity contribution in [2.75, 3.05) is 20.4 Å². The summed E-state index contributed by atoms with van der Waals surface area (Å²) in [6.07, 6.45) is 0. The van der Waals surface area contributed by atoms with Crippen LogP contribution in [0, 0.1) is 13.8 Å². The summed E-state index contributed by atoms with van der Waals surface area (Å²) in [6, 6.07) is 6.06. The molecule has 23 heavy (non-hydrogen) atoms. The van der Waals surface area contributed by atoms with Crippen LogP contribution in [0.25, 0.3) is 0 Å². The van der Waals surface area contributed by atoms with Gasteiger partial charge in [0.05, 0.1) is 18.8 Å². The van der Waals surface area contributed by atoms with E-state index in [4.69, 9.17) is 14.6 Å². The van der Waals surface area contributed by atoms with E-state index in [1.807, 2.05) is 23.7 Å². The van der Waals surface area contributed by atoms with Gasteiger partial charge in [0.2, 0.25) is 6.79 Å². The number of hydrogen-bond acceptors (Lipinski definition) is 5. The van der Waals surface area contributed by atoms with E-state index in [1.165, 1.54) is 11.1 Å². The average Bonchev–Trinajstić information content (AvgIpc) is 3.07. The topological polar surface area (TPSA) is 59.8 Å². The van der Waals surface area contributed by atoms with E-state index < -0.39 is 0 Å². The third-order valence-electron chi connectivity index (χ3n) is 4.16. The minimum Gasteiger partial charge on any atom is -0.454 e. The van der Waals surface area contributed by atoms with Crippen LogP contribution in [0.2, 0.25) is 0 Å². The molecule has 2 aromatic rings. The van der Waals surface area contributed by atoms with Crippen molar-refractivity contribution in [2.45, 2.75) is 33.5 Å². The standard InChI is InChI=1S/C17H23N3O3/c1-12-15(13(2)20(18-12)6-7-21)10-19(3)9-14-4-5-16-17(8-14)23-11-22-16/h4-5,8,21H,6-7,9-11H2,1-3H3. The van der Waals surface area contributed by atoms with Gasteiger partial charge < -0.3 is 14.6 Å². The highest BCUT2D eigenvalue weighted by molar-refractivity contribution is 5.44. The summed E-state index contributed by atoms with van der Waals surface area (Å²) in [5.41, 5.74) is 4.55. The van der Waals surface area contributed by atoms with Gasteiger partial charge in [-0.1, -0.05) is 6.07 Å². The van der Waals surface area contributed by atoms with E-state index in [0.29, 0.717) is 13.3 Å². The van der Waals surface area contributed by atoms with Crippen molar-refractivity contribution >= 4 is 0 Å². The number of nitrogens with zero attached hydrogens (tertiary/aromatic N) is 3. The molecule has 0 bridgehead atoms. The third kappa shape index (κ3) is 3.33. The first-order chi connectivity index (χ1) is 11.1. The Kier molecular flexibility index (Phi) is 4.54. The molecule has 0 atom stereocenters. The van der Waals surface area contributed by atoms with Gasteiger partial charge in [-0.05, 0) is 38.6 Å². The highest BCUT2D eigenvalue weighted by atomic mass is 16.7. The predicted molar refractivity (Wildman–Crippen MR) is 86.5 cm³/mol. The Balaban J connectivity index is 1.69. The molecule has 0 spiro atoms. The third-order valence-corrected chi connectivity index (χ3v) is 4.16. The molecule has 6 nitrogen and oxygen atoms in total. The summed E-state index contributed by atoms with van der Waals surface area (Å²) in [7, 11) is 2.09. The van der Waals surface area contributed by atoms with E-state index in [-0.39, 0.29) is 6.61 Å². The number of aliphatic hydroxyl groups is 1. The normalized spacial score (nSPS) is 13.1. The summed E-state index contributed by atoms with van der Waals surface area (Å²) in [5, 5.41) is 13.6. The first kappa shape index (κ1) is 15.8. The molecule has 1 N–H and O–H groups in total. The summed E-state index contributed by atoms with van der Waals surface area (Å²) >= 11 is 0. The van der Waals surface area contributed by atoms with Gasteiger partial charge in [-0.15, -0.1) is 0 Å². The van der Waals surface area contributed by atoms with Crippen molar-refractivity contribution in [1.29, 1.82) is 0 Å². The highest BCUT2D eigenvalue weighted by Gasteiger charge is 2.16. The highest BCUT2D eigenvalue weighted by Crippen LogP contribution is 2.32.